The normalized spacial score (nSPS) is 22.7. The summed E-state index contributed by atoms with van der Waals surface area (Å²) in [4.78, 5) is 30.0. The van der Waals surface area contributed by atoms with Crippen molar-refractivity contribution < 1.29 is 9.59 Å². The summed E-state index contributed by atoms with van der Waals surface area (Å²) in [7, 11) is 0. The molecule has 1 aromatic carbocycles. The molecule has 6 nitrogen and oxygen atoms in total. The lowest BCUT2D eigenvalue weighted by molar-refractivity contribution is -0.164. The smallest absolute Gasteiger partial charge is 0.260 e. The SMILES string of the molecule is CC1(C)c2[nH]c3ccccc3c2C[C@H]2C(=O)N(N)CC(=O)N21.Cl. The molecule has 2 amide bonds. The predicted octanol–water partition coefficient (Wildman–Crippen LogP) is 1.29. The number of amides is 2. The molecule has 4 rings (SSSR count). The van der Waals surface area contributed by atoms with Crippen molar-refractivity contribution in [3.63, 3.8) is 0 Å². The highest BCUT2D eigenvalue weighted by Gasteiger charge is 2.50. The van der Waals surface area contributed by atoms with E-state index in [0.717, 1.165) is 27.2 Å². The number of hydrogen-bond acceptors (Lipinski definition) is 3. The van der Waals surface area contributed by atoms with Gasteiger partial charge in [-0.2, -0.15) is 0 Å². The standard InChI is InChI=1S/C16H18N4O2.ClH/c1-16(2)14-10(9-5-3-4-6-11(9)18-14)7-12-15(22)19(17)8-13(21)20(12)16;/h3-6,12,18H,7-8,17H2,1-2H3;1H/t12-;/m0./s1. The number of nitrogens with zero attached hydrogens (tertiary/aromatic N) is 2. The largest absolute Gasteiger partial charge is 0.356 e. The molecular weight excluding hydrogens is 316 g/mol. The summed E-state index contributed by atoms with van der Waals surface area (Å²) < 4.78 is 0. The number of hydrogen-bond donors (Lipinski definition) is 2. The van der Waals surface area contributed by atoms with Gasteiger partial charge in [-0.25, -0.2) is 5.84 Å². The topological polar surface area (TPSA) is 82.4 Å². The van der Waals surface area contributed by atoms with Gasteiger partial charge in [0.25, 0.3) is 5.91 Å². The van der Waals surface area contributed by atoms with Crippen LogP contribution in [0.25, 0.3) is 10.9 Å². The van der Waals surface area contributed by atoms with Crippen LogP contribution in [0.1, 0.15) is 25.1 Å². The summed E-state index contributed by atoms with van der Waals surface area (Å²) in [5.74, 6) is 5.40. The van der Waals surface area contributed by atoms with Crippen LogP contribution >= 0.6 is 12.4 Å². The number of nitrogens with one attached hydrogen (secondary N) is 1. The van der Waals surface area contributed by atoms with Gasteiger partial charge >= 0.3 is 0 Å². The average Bonchev–Trinajstić information content (AvgIpc) is 2.84. The summed E-state index contributed by atoms with van der Waals surface area (Å²) in [5, 5.41) is 2.15. The van der Waals surface area contributed by atoms with E-state index < -0.39 is 11.6 Å². The van der Waals surface area contributed by atoms with E-state index in [0.29, 0.717) is 6.42 Å². The highest BCUT2D eigenvalue weighted by molar-refractivity contribution is 5.97. The van der Waals surface area contributed by atoms with Crippen molar-refractivity contribution in [2.75, 3.05) is 6.54 Å². The number of hydrazine groups is 1. The summed E-state index contributed by atoms with van der Waals surface area (Å²) in [6, 6.07) is 7.50. The molecule has 23 heavy (non-hydrogen) atoms. The third-order valence-electron chi connectivity index (χ3n) is 4.88. The van der Waals surface area contributed by atoms with Crippen LogP contribution in [-0.4, -0.2) is 39.3 Å². The van der Waals surface area contributed by atoms with E-state index in [9.17, 15) is 9.59 Å². The van der Waals surface area contributed by atoms with Crippen LogP contribution in [0.5, 0.6) is 0 Å². The zero-order chi connectivity index (χ0) is 15.6. The Kier molecular flexibility index (Phi) is 3.42. The van der Waals surface area contributed by atoms with E-state index in [2.05, 4.69) is 4.98 Å². The van der Waals surface area contributed by atoms with E-state index >= 15 is 0 Å². The molecule has 2 aliphatic rings. The number of para-hydroxylation sites is 1. The maximum absolute atomic E-state index is 12.5. The second-order valence-electron chi connectivity index (χ2n) is 6.53. The van der Waals surface area contributed by atoms with Gasteiger partial charge in [-0.15, -0.1) is 12.4 Å². The van der Waals surface area contributed by atoms with E-state index in [1.54, 1.807) is 4.90 Å². The first-order valence-corrected chi connectivity index (χ1v) is 7.39. The molecule has 0 radical (unpaired) electrons. The highest BCUT2D eigenvalue weighted by Crippen LogP contribution is 2.42. The number of nitrogens with two attached hydrogens (primary N) is 1. The fraction of sp³-hybridized carbons (Fsp3) is 0.375. The van der Waals surface area contributed by atoms with Gasteiger partial charge in [-0.1, -0.05) is 18.2 Å². The van der Waals surface area contributed by atoms with Crippen molar-refractivity contribution in [2.45, 2.75) is 31.8 Å². The first-order chi connectivity index (χ1) is 10.4. The molecule has 2 aromatic rings. The molecule has 0 saturated carbocycles. The minimum absolute atomic E-state index is 0. The maximum atomic E-state index is 12.5. The Balaban J connectivity index is 0.00000156. The number of benzene rings is 1. The molecular formula is C16H19ClN4O2. The van der Waals surface area contributed by atoms with E-state index in [1.807, 2.05) is 38.1 Å². The molecule has 0 bridgehead atoms. The van der Waals surface area contributed by atoms with E-state index in [-0.39, 0.29) is 30.8 Å². The van der Waals surface area contributed by atoms with Gasteiger partial charge in [0.2, 0.25) is 5.91 Å². The van der Waals surface area contributed by atoms with Crippen molar-refractivity contribution >= 4 is 35.1 Å². The third-order valence-corrected chi connectivity index (χ3v) is 4.88. The average molecular weight is 335 g/mol. The summed E-state index contributed by atoms with van der Waals surface area (Å²) in [6.45, 7) is 3.89. The van der Waals surface area contributed by atoms with Gasteiger partial charge in [0, 0.05) is 23.0 Å². The second-order valence-corrected chi connectivity index (χ2v) is 6.53. The Morgan fingerprint density at radius 2 is 1.96 bits per heavy atom. The lowest BCUT2D eigenvalue weighted by Gasteiger charge is -2.50. The van der Waals surface area contributed by atoms with Crippen molar-refractivity contribution in [3.05, 3.63) is 35.5 Å². The van der Waals surface area contributed by atoms with E-state index in [1.165, 1.54) is 0 Å². The fourth-order valence-corrected chi connectivity index (χ4v) is 3.90. The van der Waals surface area contributed by atoms with Crippen molar-refractivity contribution in [1.29, 1.82) is 0 Å². The van der Waals surface area contributed by atoms with Crippen LogP contribution in [0.4, 0.5) is 0 Å². The van der Waals surface area contributed by atoms with Crippen molar-refractivity contribution in [3.8, 4) is 0 Å². The van der Waals surface area contributed by atoms with Crippen LogP contribution in [0.2, 0.25) is 0 Å². The van der Waals surface area contributed by atoms with Crippen LogP contribution in [0.15, 0.2) is 24.3 Å². The van der Waals surface area contributed by atoms with Gasteiger partial charge in [0.1, 0.15) is 12.6 Å². The Hall–Kier alpha value is -2.05. The van der Waals surface area contributed by atoms with Gasteiger partial charge in [-0.05, 0) is 25.5 Å². The van der Waals surface area contributed by atoms with E-state index in [4.69, 9.17) is 5.84 Å². The molecule has 0 spiro atoms. The number of H-pyrrole nitrogens is 1. The van der Waals surface area contributed by atoms with Gasteiger partial charge in [0.15, 0.2) is 0 Å². The predicted molar refractivity (Wildman–Crippen MR) is 88.8 cm³/mol. The molecule has 1 saturated heterocycles. The number of piperazine rings is 1. The minimum atomic E-state index is -0.564. The lowest BCUT2D eigenvalue weighted by Crippen LogP contribution is -2.68. The molecule has 0 unspecified atom stereocenters. The van der Waals surface area contributed by atoms with Crippen LogP contribution in [0, 0.1) is 0 Å². The third kappa shape index (κ3) is 1.98. The quantitative estimate of drug-likeness (QED) is 0.562. The van der Waals surface area contributed by atoms with Gasteiger partial charge < -0.3 is 9.88 Å². The minimum Gasteiger partial charge on any atom is -0.356 e. The van der Waals surface area contributed by atoms with Gasteiger partial charge in [0.05, 0.1) is 5.54 Å². The molecule has 3 N–H and O–H groups in total. The first kappa shape index (κ1) is 15.8. The first-order valence-electron chi connectivity index (χ1n) is 7.39. The Morgan fingerprint density at radius 3 is 2.70 bits per heavy atom. The van der Waals surface area contributed by atoms with Crippen molar-refractivity contribution in [2.24, 2.45) is 5.84 Å². The number of carbonyl (C=O) groups excluding carboxylic acids is 2. The molecule has 1 fully saturated rings. The Labute approximate surface area is 140 Å². The van der Waals surface area contributed by atoms with Gasteiger partial charge in [-0.3, -0.25) is 14.6 Å². The molecule has 3 heterocycles. The number of carbonyl (C=O) groups is 2. The molecule has 0 aliphatic carbocycles. The van der Waals surface area contributed by atoms with Crippen molar-refractivity contribution in [1.82, 2.24) is 14.9 Å². The monoisotopic (exact) mass is 334 g/mol. The summed E-state index contributed by atoms with van der Waals surface area (Å²) in [5.41, 5.74) is 2.59. The second kappa shape index (κ2) is 4.97. The molecule has 122 valence electrons. The number of aromatic nitrogens is 1. The molecule has 1 atom stereocenters. The molecule has 2 aliphatic heterocycles. The van der Waals surface area contributed by atoms with Crippen LogP contribution in [-0.2, 0) is 21.5 Å². The number of fused-ring (bicyclic) bond motifs is 4. The Bertz CT molecular complexity index is 814. The lowest BCUT2D eigenvalue weighted by atomic mass is 9.82. The molecule has 7 heteroatoms. The summed E-state index contributed by atoms with van der Waals surface area (Å²) in [6.07, 6.45) is 0.501. The van der Waals surface area contributed by atoms with Crippen LogP contribution < -0.4 is 5.84 Å². The number of halogens is 1. The fourth-order valence-electron chi connectivity index (χ4n) is 3.90. The molecule has 1 aromatic heterocycles. The van der Waals surface area contributed by atoms with Crippen LogP contribution in [0.3, 0.4) is 0 Å². The Morgan fingerprint density at radius 1 is 1.26 bits per heavy atom. The number of aromatic amines is 1. The number of rotatable bonds is 0. The zero-order valence-electron chi connectivity index (χ0n) is 13.0. The highest BCUT2D eigenvalue weighted by atomic mass is 35.5. The summed E-state index contributed by atoms with van der Waals surface area (Å²) >= 11 is 0. The zero-order valence-corrected chi connectivity index (χ0v) is 13.8. The maximum Gasteiger partial charge on any atom is 0.260 e.